The van der Waals surface area contributed by atoms with Gasteiger partial charge >= 0.3 is 0 Å². The summed E-state index contributed by atoms with van der Waals surface area (Å²) in [5.74, 6) is -0.349. The van der Waals surface area contributed by atoms with Crippen molar-refractivity contribution in [2.45, 2.75) is 18.8 Å². The minimum Gasteiger partial charge on any atom is -0.346 e. The van der Waals surface area contributed by atoms with E-state index in [0.717, 1.165) is 36.8 Å². The molecule has 1 aromatic heterocycles. The lowest BCUT2D eigenvalue weighted by Gasteiger charge is -2.22. The van der Waals surface area contributed by atoms with Crippen LogP contribution in [0.4, 0.5) is 0 Å². The fourth-order valence-electron chi connectivity index (χ4n) is 2.46. The van der Waals surface area contributed by atoms with Crippen LogP contribution in [0.2, 0.25) is 5.02 Å². The lowest BCUT2D eigenvalue weighted by Crippen LogP contribution is -2.34. The molecule has 3 rings (SSSR count). The predicted octanol–water partition coefficient (Wildman–Crippen LogP) is 1.68. The van der Waals surface area contributed by atoms with Gasteiger partial charge in [-0.2, -0.15) is 0 Å². The molecule has 1 aromatic rings. The second-order valence-electron chi connectivity index (χ2n) is 4.53. The molecule has 0 aliphatic carbocycles. The molecule has 3 heterocycles. The van der Waals surface area contributed by atoms with Crippen LogP contribution in [0.15, 0.2) is 18.3 Å². The molecule has 2 fully saturated rings. The van der Waals surface area contributed by atoms with Crippen LogP contribution in [0.1, 0.15) is 12.1 Å². The second-order valence-corrected chi connectivity index (χ2v) is 4.97. The van der Waals surface area contributed by atoms with E-state index in [4.69, 9.17) is 21.1 Å². The maximum Gasteiger partial charge on any atom is 0.182 e. The summed E-state index contributed by atoms with van der Waals surface area (Å²) in [6.45, 7) is 4.02. The number of hydrogen-bond acceptors (Lipinski definition) is 4. The molecule has 0 bridgehead atoms. The molecule has 17 heavy (non-hydrogen) atoms. The highest BCUT2D eigenvalue weighted by Crippen LogP contribution is 2.31. The predicted molar refractivity (Wildman–Crippen MR) is 63.8 cm³/mol. The maximum absolute atomic E-state index is 5.94. The van der Waals surface area contributed by atoms with Crippen molar-refractivity contribution in [3.63, 3.8) is 0 Å². The van der Waals surface area contributed by atoms with E-state index in [1.807, 2.05) is 6.07 Å². The summed E-state index contributed by atoms with van der Waals surface area (Å²) in [6, 6.07) is 3.70. The first-order valence-corrected chi connectivity index (χ1v) is 6.24. The standard InChI is InChI=1S/C12H15ClN2O2/c13-10-1-3-14-11(7-10)8-15-4-2-12(9-15)16-5-6-17-12/h1,3,7H,2,4-6,8-9H2. The molecule has 92 valence electrons. The molecule has 0 amide bonds. The van der Waals surface area contributed by atoms with Crippen LogP contribution in [-0.4, -0.2) is 42.0 Å². The first kappa shape index (κ1) is 11.4. The Hall–Kier alpha value is -0.680. The van der Waals surface area contributed by atoms with Crippen molar-refractivity contribution in [2.24, 2.45) is 0 Å². The van der Waals surface area contributed by atoms with Crippen LogP contribution in [0, 0.1) is 0 Å². The Balaban J connectivity index is 1.64. The third-order valence-corrected chi connectivity index (χ3v) is 3.49. The quantitative estimate of drug-likeness (QED) is 0.804. The molecule has 1 spiro atoms. The number of nitrogens with zero attached hydrogens (tertiary/aromatic N) is 2. The van der Waals surface area contributed by atoms with Gasteiger partial charge in [-0.1, -0.05) is 11.6 Å². The van der Waals surface area contributed by atoms with E-state index in [2.05, 4.69) is 9.88 Å². The van der Waals surface area contributed by atoms with Crippen LogP contribution in [0.25, 0.3) is 0 Å². The minimum absolute atomic E-state index is 0.349. The minimum atomic E-state index is -0.349. The van der Waals surface area contributed by atoms with Gasteiger partial charge in [-0.3, -0.25) is 9.88 Å². The average Bonchev–Trinajstić information content (AvgIpc) is 2.90. The van der Waals surface area contributed by atoms with Crippen molar-refractivity contribution in [1.82, 2.24) is 9.88 Å². The summed E-state index contributed by atoms with van der Waals surface area (Å²) >= 11 is 5.94. The van der Waals surface area contributed by atoms with Crippen LogP contribution in [-0.2, 0) is 16.0 Å². The Morgan fingerprint density at radius 3 is 3.00 bits per heavy atom. The van der Waals surface area contributed by atoms with Crippen molar-refractivity contribution in [1.29, 1.82) is 0 Å². The highest BCUT2D eigenvalue weighted by molar-refractivity contribution is 6.30. The highest BCUT2D eigenvalue weighted by Gasteiger charge is 2.43. The first-order chi connectivity index (χ1) is 8.26. The molecular weight excluding hydrogens is 240 g/mol. The number of aromatic nitrogens is 1. The van der Waals surface area contributed by atoms with E-state index in [0.29, 0.717) is 13.2 Å². The van der Waals surface area contributed by atoms with E-state index in [1.54, 1.807) is 12.3 Å². The van der Waals surface area contributed by atoms with E-state index < -0.39 is 0 Å². The molecule has 4 nitrogen and oxygen atoms in total. The number of rotatable bonds is 2. The van der Waals surface area contributed by atoms with Gasteiger partial charge in [0.15, 0.2) is 5.79 Å². The Kier molecular flexibility index (Phi) is 3.04. The summed E-state index contributed by atoms with van der Waals surface area (Å²) in [5.41, 5.74) is 0.993. The van der Waals surface area contributed by atoms with Crippen molar-refractivity contribution in [3.05, 3.63) is 29.0 Å². The van der Waals surface area contributed by atoms with Crippen molar-refractivity contribution in [3.8, 4) is 0 Å². The van der Waals surface area contributed by atoms with Gasteiger partial charge in [-0.15, -0.1) is 0 Å². The zero-order valence-corrected chi connectivity index (χ0v) is 10.3. The van der Waals surface area contributed by atoms with E-state index in [1.165, 1.54) is 0 Å². The first-order valence-electron chi connectivity index (χ1n) is 5.87. The summed E-state index contributed by atoms with van der Waals surface area (Å²) in [7, 11) is 0. The van der Waals surface area contributed by atoms with Crippen LogP contribution >= 0.6 is 11.6 Å². The zero-order chi connectivity index (χ0) is 11.7. The molecule has 0 radical (unpaired) electrons. The van der Waals surface area contributed by atoms with Gasteiger partial charge in [0.05, 0.1) is 25.5 Å². The van der Waals surface area contributed by atoms with Gasteiger partial charge in [0, 0.05) is 30.7 Å². The number of likely N-dealkylation sites (tertiary alicyclic amines) is 1. The van der Waals surface area contributed by atoms with Gasteiger partial charge in [-0.25, -0.2) is 0 Å². The van der Waals surface area contributed by atoms with Crippen LogP contribution < -0.4 is 0 Å². The summed E-state index contributed by atoms with van der Waals surface area (Å²) in [6.07, 6.45) is 2.68. The molecule has 0 N–H and O–H groups in total. The van der Waals surface area contributed by atoms with Gasteiger partial charge in [-0.05, 0) is 12.1 Å². The number of ether oxygens (including phenoxy) is 2. The summed E-state index contributed by atoms with van der Waals surface area (Å²) in [5, 5.41) is 0.734. The SMILES string of the molecule is Clc1ccnc(CN2CCC3(C2)OCCO3)c1. The van der Waals surface area contributed by atoms with Gasteiger partial charge in [0.1, 0.15) is 0 Å². The fourth-order valence-corrected chi connectivity index (χ4v) is 2.64. The Morgan fingerprint density at radius 2 is 2.24 bits per heavy atom. The van der Waals surface area contributed by atoms with E-state index >= 15 is 0 Å². The molecule has 0 aromatic carbocycles. The maximum atomic E-state index is 5.94. The summed E-state index contributed by atoms with van der Waals surface area (Å²) < 4.78 is 11.4. The lowest BCUT2D eigenvalue weighted by molar-refractivity contribution is -0.145. The molecule has 0 saturated carbocycles. The van der Waals surface area contributed by atoms with Crippen molar-refractivity contribution in [2.75, 3.05) is 26.3 Å². The van der Waals surface area contributed by atoms with Gasteiger partial charge < -0.3 is 9.47 Å². The Bertz CT molecular complexity index is 407. The molecular formula is C12H15ClN2O2. The van der Waals surface area contributed by atoms with Crippen LogP contribution in [0.5, 0.6) is 0 Å². The molecule has 2 saturated heterocycles. The third-order valence-electron chi connectivity index (χ3n) is 3.25. The Morgan fingerprint density at radius 1 is 1.41 bits per heavy atom. The zero-order valence-electron chi connectivity index (χ0n) is 9.56. The molecule has 2 aliphatic heterocycles. The summed E-state index contributed by atoms with van der Waals surface area (Å²) in [4.78, 5) is 6.61. The normalized spacial score (nSPS) is 23.6. The molecule has 0 unspecified atom stereocenters. The van der Waals surface area contributed by atoms with Gasteiger partial charge in [0.2, 0.25) is 0 Å². The van der Waals surface area contributed by atoms with Gasteiger partial charge in [0.25, 0.3) is 0 Å². The third kappa shape index (κ3) is 2.45. The fraction of sp³-hybridized carbons (Fsp3) is 0.583. The highest BCUT2D eigenvalue weighted by atomic mass is 35.5. The Labute approximate surface area is 105 Å². The molecule has 2 aliphatic rings. The van der Waals surface area contributed by atoms with Crippen molar-refractivity contribution >= 4 is 11.6 Å². The number of halogens is 1. The number of hydrogen-bond donors (Lipinski definition) is 0. The van der Waals surface area contributed by atoms with Crippen molar-refractivity contribution < 1.29 is 9.47 Å². The average molecular weight is 255 g/mol. The smallest absolute Gasteiger partial charge is 0.182 e. The van der Waals surface area contributed by atoms with E-state index in [9.17, 15) is 0 Å². The largest absolute Gasteiger partial charge is 0.346 e. The second kappa shape index (κ2) is 4.53. The monoisotopic (exact) mass is 254 g/mol. The lowest BCUT2D eigenvalue weighted by atomic mass is 10.2. The topological polar surface area (TPSA) is 34.6 Å². The molecule has 0 atom stereocenters. The number of pyridine rings is 1. The van der Waals surface area contributed by atoms with E-state index in [-0.39, 0.29) is 5.79 Å². The molecule has 5 heteroatoms. The van der Waals surface area contributed by atoms with Crippen LogP contribution in [0.3, 0.4) is 0 Å².